The summed E-state index contributed by atoms with van der Waals surface area (Å²) in [4.78, 5) is 0. The fourth-order valence-corrected chi connectivity index (χ4v) is 2.47. The van der Waals surface area contributed by atoms with Crippen molar-refractivity contribution in [2.75, 3.05) is 0 Å². The van der Waals surface area contributed by atoms with Crippen LogP contribution in [0.25, 0.3) is 0 Å². The molecule has 1 N–H and O–H groups in total. The molecule has 0 aromatic heterocycles. The van der Waals surface area contributed by atoms with E-state index in [1.54, 1.807) is 0 Å². The Kier molecular flexibility index (Phi) is 2.21. The molecule has 0 radical (unpaired) electrons. The second kappa shape index (κ2) is 3.49. The fourth-order valence-electron chi connectivity index (χ4n) is 2.47. The molecule has 1 heterocycles. The average Bonchev–Trinajstić information content (AvgIpc) is 2.96. The van der Waals surface area contributed by atoms with Gasteiger partial charge in [0.2, 0.25) is 0 Å². The summed E-state index contributed by atoms with van der Waals surface area (Å²) in [7, 11) is 0. The van der Waals surface area contributed by atoms with E-state index >= 15 is 0 Å². The van der Waals surface area contributed by atoms with E-state index < -0.39 is 5.60 Å². The van der Waals surface area contributed by atoms with Gasteiger partial charge < -0.3 is 9.84 Å². The van der Waals surface area contributed by atoms with Crippen molar-refractivity contribution in [2.24, 2.45) is 0 Å². The van der Waals surface area contributed by atoms with Crippen molar-refractivity contribution in [3.05, 3.63) is 29.3 Å². The Hall–Kier alpha value is -1.02. The molecule has 2 aliphatic rings. The molecule has 1 fully saturated rings. The summed E-state index contributed by atoms with van der Waals surface area (Å²) < 4.78 is 5.83. The first kappa shape index (κ1) is 10.2. The highest BCUT2D eigenvalue weighted by molar-refractivity contribution is 5.42. The van der Waals surface area contributed by atoms with Crippen LogP contribution in [0.2, 0.25) is 0 Å². The van der Waals surface area contributed by atoms with E-state index in [-0.39, 0.29) is 0 Å². The number of fused-ring (bicyclic) bond motifs is 1. The molecule has 0 amide bonds. The van der Waals surface area contributed by atoms with Crippen LogP contribution in [0.15, 0.2) is 18.2 Å². The minimum Gasteiger partial charge on any atom is -0.490 e. The molecule has 86 valence electrons. The Bertz CT molecular complexity index is 407. The summed E-state index contributed by atoms with van der Waals surface area (Å²) >= 11 is 0. The van der Waals surface area contributed by atoms with Gasteiger partial charge >= 0.3 is 0 Å². The van der Waals surface area contributed by atoms with Crippen LogP contribution in [0, 0.1) is 0 Å². The highest BCUT2D eigenvalue weighted by Crippen LogP contribution is 2.41. The average molecular weight is 218 g/mol. The number of ether oxygens (including phenoxy) is 1. The fraction of sp³-hybridized carbons (Fsp3) is 0.571. The van der Waals surface area contributed by atoms with E-state index in [2.05, 4.69) is 13.0 Å². The predicted molar refractivity (Wildman–Crippen MR) is 62.7 cm³/mol. The topological polar surface area (TPSA) is 29.5 Å². The second-order valence-electron chi connectivity index (χ2n) is 5.26. The van der Waals surface area contributed by atoms with E-state index in [9.17, 15) is 5.11 Å². The largest absolute Gasteiger partial charge is 0.490 e. The maximum Gasteiger partial charge on any atom is 0.123 e. The molecule has 1 atom stereocenters. The molecule has 3 rings (SSSR count). The van der Waals surface area contributed by atoms with Crippen LogP contribution in [0.3, 0.4) is 0 Å². The van der Waals surface area contributed by atoms with Gasteiger partial charge in [-0.05, 0) is 49.8 Å². The summed E-state index contributed by atoms with van der Waals surface area (Å²) in [6, 6.07) is 6.22. The van der Waals surface area contributed by atoms with Crippen LogP contribution < -0.4 is 4.74 Å². The molecular weight excluding hydrogens is 200 g/mol. The van der Waals surface area contributed by atoms with Crippen molar-refractivity contribution in [2.45, 2.75) is 50.7 Å². The summed E-state index contributed by atoms with van der Waals surface area (Å²) in [6.45, 7) is 2.12. The van der Waals surface area contributed by atoms with Crippen LogP contribution in [0.1, 0.15) is 37.3 Å². The molecule has 1 aliphatic carbocycles. The molecule has 16 heavy (non-hydrogen) atoms. The number of hydrogen-bond acceptors (Lipinski definition) is 2. The molecule has 0 spiro atoms. The smallest absolute Gasteiger partial charge is 0.123 e. The zero-order valence-electron chi connectivity index (χ0n) is 9.70. The number of rotatable bonds is 2. The van der Waals surface area contributed by atoms with Crippen molar-refractivity contribution >= 4 is 0 Å². The lowest BCUT2D eigenvalue weighted by molar-refractivity contribution is 0.149. The Labute approximate surface area is 96.2 Å². The zero-order chi connectivity index (χ0) is 11.2. The van der Waals surface area contributed by atoms with Crippen molar-refractivity contribution in [3.8, 4) is 5.75 Å². The van der Waals surface area contributed by atoms with Gasteiger partial charge in [-0.3, -0.25) is 0 Å². The first-order chi connectivity index (χ1) is 7.66. The molecule has 1 unspecified atom stereocenters. The molecule has 2 nitrogen and oxygen atoms in total. The number of benzene rings is 1. The van der Waals surface area contributed by atoms with Gasteiger partial charge in [0, 0.05) is 6.42 Å². The van der Waals surface area contributed by atoms with Gasteiger partial charge in [0.1, 0.15) is 5.75 Å². The van der Waals surface area contributed by atoms with Crippen molar-refractivity contribution in [1.82, 2.24) is 0 Å². The van der Waals surface area contributed by atoms with Gasteiger partial charge in [0.25, 0.3) is 0 Å². The quantitative estimate of drug-likeness (QED) is 0.826. The normalized spacial score (nSPS) is 25.8. The lowest BCUT2D eigenvalue weighted by atomic mass is 9.94. The molecule has 1 aromatic carbocycles. The van der Waals surface area contributed by atoms with Gasteiger partial charge in [-0.15, -0.1) is 0 Å². The molecule has 2 heteroatoms. The first-order valence-electron chi connectivity index (χ1n) is 6.16. The van der Waals surface area contributed by atoms with Crippen LogP contribution in [-0.4, -0.2) is 16.8 Å². The van der Waals surface area contributed by atoms with Crippen molar-refractivity contribution in [3.63, 3.8) is 0 Å². The Morgan fingerprint density at radius 3 is 3.00 bits per heavy atom. The third-order valence-corrected chi connectivity index (χ3v) is 3.71. The Morgan fingerprint density at radius 1 is 1.44 bits per heavy atom. The van der Waals surface area contributed by atoms with Crippen LogP contribution in [-0.2, 0) is 12.8 Å². The van der Waals surface area contributed by atoms with Crippen LogP contribution in [0.4, 0.5) is 0 Å². The summed E-state index contributed by atoms with van der Waals surface area (Å²) in [5, 5.41) is 9.99. The predicted octanol–water partition coefficient (Wildman–Crippen LogP) is 2.47. The minimum atomic E-state index is -0.405. The standard InChI is InChI=1S/C14H18O2/c1-10-5-6-12-11(9-14(15)7-8-14)3-2-4-13(12)16-10/h2-4,10,15H,5-9H2,1H3. The van der Waals surface area contributed by atoms with E-state index in [0.717, 1.165) is 37.9 Å². The summed E-state index contributed by atoms with van der Waals surface area (Å²) in [5.41, 5.74) is 2.20. The SMILES string of the molecule is CC1CCc2c(CC3(O)CC3)cccc2O1. The van der Waals surface area contributed by atoms with Gasteiger partial charge in [-0.25, -0.2) is 0 Å². The van der Waals surface area contributed by atoms with Crippen LogP contribution >= 0.6 is 0 Å². The third-order valence-electron chi connectivity index (χ3n) is 3.71. The highest BCUT2D eigenvalue weighted by Gasteiger charge is 2.40. The maximum atomic E-state index is 9.99. The van der Waals surface area contributed by atoms with E-state index in [1.165, 1.54) is 11.1 Å². The molecule has 1 aliphatic heterocycles. The molecule has 1 aromatic rings. The highest BCUT2D eigenvalue weighted by atomic mass is 16.5. The molecule has 0 bridgehead atoms. The van der Waals surface area contributed by atoms with Gasteiger partial charge in [0.15, 0.2) is 0 Å². The first-order valence-corrected chi connectivity index (χ1v) is 6.16. The Balaban J connectivity index is 1.91. The Morgan fingerprint density at radius 2 is 2.25 bits per heavy atom. The summed E-state index contributed by atoms with van der Waals surface area (Å²) in [5.74, 6) is 1.03. The lowest BCUT2D eigenvalue weighted by Gasteiger charge is -2.25. The molecule has 0 saturated heterocycles. The van der Waals surface area contributed by atoms with Gasteiger partial charge in [-0.1, -0.05) is 12.1 Å². The van der Waals surface area contributed by atoms with Crippen molar-refractivity contribution < 1.29 is 9.84 Å². The second-order valence-corrected chi connectivity index (χ2v) is 5.26. The number of hydrogen-bond donors (Lipinski definition) is 1. The molecule has 1 saturated carbocycles. The third kappa shape index (κ3) is 1.82. The summed E-state index contributed by atoms with van der Waals surface area (Å²) in [6.07, 6.45) is 5.20. The van der Waals surface area contributed by atoms with Crippen LogP contribution in [0.5, 0.6) is 5.75 Å². The van der Waals surface area contributed by atoms with Gasteiger partial charge in [-0.2, -0.15) is 0 Å². The lowest BCUT2D eigenvalue weighted by Crippen LogP contribution is -2.21. The molecular formula is C14H18O2. The van der Waals surface area contributed by atoms with E-state index in [4.69, 9.17) is 4.74 Å². The van der Waals surface area contributed by atoms with Gasteiger partial charge in [0.05, 0.1) is 11.7 Å². The maximum absolute atomic E-state index is 9.99. The minimum absolute atomic E-state index is 0.326. The van der Waals surface area contributed by atoms with Crippen molar-refractivity contribution in [1.29, 1.82) is 0 Å². The van der Waals surface area contributed by atoms with E-state index in [0.29, 0.717) is 6.10 Å². The zero-order valence-corrected chi connectivity index (χ0v) is 9.70. The van der Waals surface area contributed by atoms with E-state index in [1.807, 2.05) is 12.1 Å². The number of aliphatic hydroxyl groups is 1. The monoisotopic (exact) mass is 218 g/mol.